The van der Waals surface area contributed by atoms with Gasteiger partial charge in [-0.05, 0) is 36.0 Å². The number of nitrogens with zero attached hydrogens (tertiary/aromatic N) is 5. The number of halogens is 6. The number of imidazole rings is 1. The number of carbonyl (C=O) groups is 3. The molecule has 2 saturated heterocycles. The molecule has 3 aromatic rings. The largest absolute Gasteiger partial charge is 0.435 e. The number of hydrogen-bond donors (Lipinski definition) is 5. The predicted molar refractivity (Wildman–Crippen MR) is 163 cm³/mol. The number of alkyl halides is 5. The number of aliphatic hydroxyl groups is 1. The van der Waals surface area contributed by atoms with E-state index in [4.69, 9.17) is 11.6 Å². The van der Waals surface area contributed by atoms with Gasteiger partial charge >= 0.3 is 12.2 Å². The molecule has 5 unspecified atom stereocenters. The van der Waals surface area contributed by atoms with Crippen molar-refractivity contribution in [3.8, 4) is 11.3 Å². The number of rotatable bonds is 8. The number of aliphatic hydroxyl groups excluding tert-OH is 1. The monoisotopic (exact) mass is 711 g/mol. The number of urea groups is 1. The van der Waals surface area contributed by atoms with Crippen LogP contribution in [-0.4, -0.2) is 98.0 Å². The first-order valence-corrected chi connectivity index (χ1v) is 15.9. The molecule has 2 aromatic heterocycles. The summed E-state index contributed by atoms with van der Waals surface area (Å²) < 4.78 is 70.1. The van der Waals surface area contributed by atoms with E-state index < -0.39 is 53.7 Å². The van der Waals surface area contributed by atoms with Gasteiger partial charge in [0.1, 0.15) is 6.04 Å². The van der Waals surface area contributed by atoms with Crippen LogP contribution in [0.1, 0.15) is 39.1 Å². The summed E-state index contributed by atoms with van der Waals surface area (Å²) in [6.45, 7) is 2.47. The van der Waals surface area contributed by atoms with E-state index in [0.717, 1.165) is 17.0 Å². The molecule has 0 radical (unpaired) electrons. The van der Waals surface area contributed by atoms with Crippen LogP contribution >= 0.6 is 11.6 Å². The lowest BCUT2D eigenvalue weighted by Crippen LogP contribution is -2.49. The third-order valence-electron chi connectivity index (χ3n) is 9.70. The highest BCUT2D eigenvalue weighted by molar-refractivity contribution is 6.34. The zero-order valence-corrected chi connectivity index (χ0v) is 26.5. The summed E-state index contributed by atoms with van der Waals surface area (Å²) in [4.78, 5) is 44.2. The minimum atomic E-state index is -4.95. The third-order valence-corrected chi connectivity index (χ3v) is 10.0. The summed E-state index contributed by atoms with van der Waals surface area (Å²) in [7, 11) is 1.31. The van der Waals surface area contributed by atoms with Crippen LogP contribution in [0.15, 0.2) is 30.6 Å². The van der Waals surface area contributed by atoms with Gasteiger partial charge in [0.15, 0.2) is 11.5 Å². The highest BCUT2D eigenvalue weighted by Gasteiger charge is 2.60. The Morgan fingerprint density at radius 3 is 2.47 bits per heavy atom. The highest BCUT2D eigenvalue weighted by atomic mass is 35.5. The molecule has 4 aliphatic rings. The lowest BCUT2D eigenvalue weighted by atomic mass is 10.1. The van der Waals surface area contributed by atoms with Crippen LogP contribution in [0.2, 0.25) is 5.02 Å². The van der Waals surface area contributed by atoms with Crippen molar-refractivity contribution in [3.63, 3.8) is 0 Å². The average molecular weight is 712 g/mol. The van der Waals surface area contributed by atoms with Crippen LogP contribution < -0.4 is 21.3 Å². The maximum atomic E-state index is 13.8. The molecule has 4 amide bonds. The second-order valence-corrected chi connectivity index (χ2v) is 13.3. The zero-order valence-electron chi connectivity index (χ0n) is 25.8. The van der Waals surface area contributed by atoms with Gasteiger partial charge in [-0.1, -0.05) is 11.6 Å². The number of amides is 4. The number of likely N-dealkylation sites (tertiary alicyclic amines) is 1. The van der Waals surface area contributed by atoms with E-state index >= 15 is 0 Å². The summed E-state index contributed by atoms with van der Waals surface area (Å²) in [6.07, 6.45) is -4.29. The summed E-state index contributed by atoms with van der Waals surface area (Å²) in [5.41, 5.74) is -1.69. The molecule has 5 N–H and O–H groups in total. The van der Waals surface area contributed by atoms with Crippen molar-refractivity contribution in [1.82, 2.24) is 40.2 Å². The third kappa shape index (κ3) is 6.32. The van der Waals surface area contributed by atoms with E-state index in [1.54, 1.807) is 4.90 Å². The van der Waals surface area contributed by atoms with Gasteiger partial charge < -0.3 is 35.8 Å². The van der Waals surface area contributed by atoms with Crippen LogP contribution in [0.25, 0.3) is 11.3 Å². The van der Waals surface area contributed by atoms with E-state index in [9.17, 15) is 41.4 Å². The van der Waals surface area contributed by atoms with Gasteiger partial charge in [0.2, 0.25) is 0 Å². The molecule has 0 bridgehead atoms. The van der Waals surface area contributed by atoms with Crippen molar-refractivity contribution in [2.75, 3.05) is 38.0 Å². The molecule has 2 aliphatic carbocycles. The second-order valence-electron chi connectivity index (χ2n) is 12.9. The van der Waals surface area contributed by atoms with Gasteiger partial charge in [0.05, 0.1) is 40.2 Å². The number of carbonyl (C=O) groups excluding carboxylic acids is 3. The number of β-amino-alcohol motifs (C(OH)–C–C–N with tert-alkyl or cyclic N) is 1. The zero-order chi connectivity index (χ0) is 35.0. The molecule has 4 fully saturated rings. The normalized spacial score (nSPS) is 26.7. The van der Waals surface area contributed by atoms with Gasteiger partial charge in [-0.25, -0.2) is 18.6 Å². The van der Waals surface area contributed by atoms with Gasteiger partial charge in [-0.15, -0.1) is 0 Å². The lowest BCUT2D eigenvalue weighted by Gasteiger charge is -2.24. The maximum absolute atomic E-state index is 13.8. The van der Waals surface area contributed by atoms with Crippen molar-refractivity contribution in [2.24, 2.45) is 24.8 Å². The van der Waals surface area contributed by atoms with Crippen molar-refractivity contribution in [1.29, 1.82) is 0 Å². The second kappa shape index (κ2) is 11.9. The Hall–Kier alpha value is -4.29. The molecule has 2 aliphatic heterocycles. The van der Waals surface area contributed by atoms with Crippen LogP contribution in [0.3, 0.4) is 0 Å². The van der Waals surface area contributed by atoms with Crippen molar-refractivity contribution >= 4 is 35.1 Å². The number of piperidine rings is 1. The Kier molecular flexibility index (Phi) is 8.10. The quantitative estimate of drug-likeness (QED) is 0.225. The van der Waals surface area contributed by atoms with E-state index in [-0.39, 0.29) is 57.6 Å². The number of benzene rings is 1. The summed E-state index contributed by atoms with van der Waals surface area (Å²) in [5.74, 6) is -3.92. The van der Waals surface area contributed by atoms with E-state index in [2.05, 4.69) is 31.3 Å². The Morgan fingerprint density at radius 1 is 1.14 bits per heavy atom. The van der Waals surface area contributed by atoms with Crippen molar-refractivity contribution in [2.45, 2.75) is 36.7 Å². The van der Waals surface area contributed by atoms with Crippen molar-refractivity contribution < 1.29 is 41.4 Å². The maximum Gasteiger partial charge on any atom is 0.435 e. The number of anilines is 1. The standard InChI is InChI=1S/C30H31ClF5N9O4/c1-43-21(18-12-45(23-5-29(23,32)33)42-24(18)30(34,35)36)8-38-25(43)27(48)40-13-2-3-14(19(31)4-13)26(47)39-6-15-16-10-44(11-17(15)16)28(49)41-20-7-37-9-22(20)46/h2-4,8,12,15-17,20,22-23,37,46H,5-7,9-11H2,1H3,(H,39,47)(H,40,48)(H,41,49). The molecular formula is C30H31ClF5N9O4. The first-order valence-electron chi connectivity index (χ1n) is 15.5. The van der Waals surface area contributed by atoms with Crippen LogP contribution in [0.4, 0.5) is 32.4 Å². The SMILES string of the molecule is Cn1c(-c2cn(C3CC3(F)F)nc2C(F)(F)F)cnc1C(=O)Nc1ccc(C(=O)NCC2C3CN(C(=O)NC4CNCC4O)CC23)c(Cl)c1. The predicted octanol–water partition coefficient (Wildman–Crippen LogP) is 2.74. The van der Waals surface area contributed by atoms with Gasteiger partial charge in [-0.3, -0.25) is 14.3 Å². The molecule has 1 aromatic carbocycles. The van der Waals surface area contributed by atoms with Crippen LogP contribution in [0.5, 0.6) is 0 Å². The molecule has 4 heterocycles. The minimum Gasteiger partial charge on any atom is -0.390 e. The fourth-order valence-electron chi connectivity index (χ4n) is 6.75. The number of hydrogen-bond acceptors (Lipinski definition) is 7. The first-order chi connectivity index (χ1) is 23.1. The Bertz CT molecular complexity index is 1820. The molecule has 13 nitrogen and oxygen atoms in total. The van der Waals surface area contributed by atoms with Gasteiger partial charge in [-0.2, -0.15) is 18.3 Å². The topological polar surface area (TPSA) is 158 Å². The molecule has 0 spiro atoms. The molecule has 19 heteroatoms. The smallest absolute Gasteiger partial charge is 0.390 e. The number of fused-ring (bicyclic) bond motifs is 1. The Morgan fingerprint density at radius 2 is 1.86 bits per heavy atom. The fraction of sp³-hybridized carbons (Fsp3) is 0.500. The van der Waals surface area contributed by atoms with E-state index in [1.165, 1.54) is 25.2 Å². The summed E-state index contributed by atoms with van der Waals surface area (Å²) in [5, 5.41) is 24.6. The van der Waals surface area contributed by atoms with E-state index in [1.807, 2.05) is 0 Å². The number of aromatic nitrogens is 4. The lowest BCUT2D eigenvalue weighted by molar-refractivity contribution is -0.141. The fourth-order valence-corrected chi connectivity index (χ4v) is 7.02. The van der Waals surface area contributed by atoms with Gasteiger partial charge in [0, 0.05) is 58.1 Å². The minimum absolute atomic E-state index is 0.0392. The Balaban J connectivity index is 0.938. The number of nitrogens with one attached hydrogen (secondary N) is 4. The van der Waals surface area contributed by atoms with Crippen LogP contribution in [-0.2, 0) is 13.2 Å². The Labute approximate surface area is 280 Å². The van der Waals surface area contributed by atoms with Crippen molar-refractivity contribution in [3.05, 3.63) is 52.7 Å². The average Bonchev–Trinajstić information content (AvgIpc) is 3.47. The van der Waals surface area contributed by atoms with E-state index in [0.29, 0.717) is 37.4 Å². The molecule has 49 heavy (non-hydrogen) atoms. The molecule has 262 valence electrons. The van der Waals surface area contributed by atoms with Crippen LogP contribution in [0, 0.1) is 17.8 Å². The highest BCUT2D eigenvalue weighted by Crippen LogP contribution is 2.53. The summed E-state index contributed by atoms with van der Waals surface area (Å²) >= 11 is 6.37. The molecule has 5 atom stereocenters. The van der Waals surface area contributed by atoms with Gasteiger partial charge in [0.25, 0.3) is 17.7 Å². The molecular weight excluding hydrogens is 681 g/mol. The molecule has 2 saturated carbocycles. The first kappa shape index (κ1) is 33.2. The summed E-state index contributed by atoms with van der Waals surface area (Å²) in [6, 6.07) is 2.18. The molecule has 7 rings (SSSR count).